The maximum Gasteiger partial charge on any atom is 0.251 e. The molecule has 0 saturated carbocycles. The molecule has 0 radical (unpaired) electrons. The zero-order valence-corrected chi connectivity index (χ0v) is 12.6. The van der Waals surface area contributed by atoms with E-state index in [0.29, 0.717) is 18.5 Å². The van der Waals surface area contributed by atoms with Crippen LogP contribution in [0.1, 0.15) is 29.3 Å². The van der Waals surface area contributed by atoms with E-state index < -0.39 is 6.67 Å². The van der Waals surface area contributed by atoms with Gasteiger partial charge in [0.1, 0.15) is 0 Å². The summed E-state index contributed by atoms with van der Waals surface area (Å²) in [7, 11) is 0. The molecule has 0 spiro atoms. The highest BCUT2D eigenvalue weighted by atomic mass is 19.1. The molecule has 1 aromatic rings. The van der Waals surface area contributed by atoms with Crippen molar-refractivity contribution >= 4 is 11.6 Å². The number of carbonyl (C=O) groups is 1. The van der Waals surface area contributed by atoms with Crippen molar-refractivity contribution in [3.8, 4) is 0 Å². The van der Waals surface area contributed by atoms with Crippen molar-refractivity contribution in [1.82, 2.24) is 10.6 Å². The van der Waals surface area contributed by atoms with Crippen LogP contribution in [0.2, 0.25) is 0 Å². The quantitative estimate of drug-likeness (QED) is 0.785. The molecule has 1 aliphatic heterocycles. The Morgan fingerprint density at radius 2 is 2.10 bits per heavy atom. The summed E-state index contributed by atoms with van der Waals surface area (Å²) in [6.07, 6.45) is 1.26. The number of benzene rings is 1. The molecule has 0 aliphatic carbocycles. The second-order valence-corrected chi connectivity index (χ2v) is 5.28. The molecule has 0 bridgehead atoms. The molecule has 116 valence electrons. The summed E-state index contributed by atoms with van der Waals surface area (Å²) in [4.78, 5) is 14.5. The molecule has 5 heteroatoms. The molecule has 2 rings (SSSR count). The first-order valence-electron chi connectivity index (χ1n) is 7.68. The lowest BCUT2D eigenvalue weighted by molar-refractivity contribution is 0.0952. The zero-order valence-electron chi connectivity index (χ0n) is 12.6. The lowest BCUT2D eigenvalue weighted by Crippen LogP contribution is -2.43. The Kier molecular flexibility index (Phi) is 5.99. The van der Waals surface area contributed by atoms with Crippen LogP contribution >= 0.6 is 0 Å². The summed E-state index contributed by atoms with van der Waals surface area (Å²) in [5.41, 5.74) is 2.93. The second kappa shape index (κ2) is 7.98. The lowest BCUT2D eigenvalue weighted by atomic mass is 10.1. The minimum absolute atomic E-state index is 0.116. The molecule has 1 aliphatic rings. The van der Waals surface area contributed by atoms with E-state index in [9.17, 15) is 9.18 Å². The Morgan fingerprint density at radius 3 is 2.76 bits per heavy atom. The largest absolute Gasteiger partial charge is 0.369 e. The van der Waals surface area contributed by atoms with E-state index in [1.165, 1.54) is 0 Å². The van der Waals surface area contributed by atoms with Gasteiger partial charge in [0.05, 0.1) is 6.67 Å². The van der Waals surface area contributed by atoms with Gasteiger partial charge in [-0.05, 0) is 36.6 Å². The minimum Gasteiger partial charge on any atom is -0.369 e. The normalized spacial score (nSPS) is 15.0. The number of nitrogens with one attached hydrogen (secondary N) is 2. The number of amides is 1. The third-order valence-electron chi connectivity index (χ3n) is 3.73. The van der Waals surface area contributed by atoms with Crippen LogP contribution in [0.3, 0.4) is 0 Å². The molecule has 1 saturated heterocycles. The number of anilines is 1. The molecule has 1 aromatic carbocycles. The topological polar surface area (TPSA) is 44.4 Å². The first-order chi connectivity index (χ1) is 10.2. The Bertz CT molecular complexity index is 473. The van der Waals surface area contributed by atoms with Gasteiger partial charge in [0.25, 0.3) is 5.91 Å². The first kappa shape index (κ1) is 15.8. The molecular formula is C16H24FN3O. The van der Waals surface area contributed by atoms with Crippen LogP contribution in [0, 0.1) is 0 Å². The number of hydrogen-bond donors (Lipinski definition) is 2. The number of alkyl halides is 1. The fourth-order valence-electron chi connectivity index (χ4n) is 2.49. The molecule has 0 atom stereocenters. The number of aryl methyl sites for hydroxylation is 1. The van der Waals surface area contributed by atoms with E-state index in [-0.39, 0.29) is 5.91 Å². The third kappa shape index (κ3) is 4.43. The van der Waals surface area contributed by atoms with Gasteiger partial charge in [-0.15, -0.1) is 0 Å². The van der Waals surface area contributed by atoms with Crippen molar-refractivity contribution in [3.63, 3.8) is 0 Å². The van der Waals surface area contributed by atoms with Crippen LogP contribution in [0.5, 0.6) is 0 Å². The average molecular weight is 293 g/mol. The van der Waals surface area contributed by atoms with Crippen molar-refractivity contribution in [3.05, 3.63) is 29.3 Å². The number of rotatable bonds is 6. The van der Waals surface area contributed by atoms with Gasteiger partial charge in [-0.25, -0.2) is 0 Å². The van der Waals surface area contributed by atoms with Crippen LogP contribution in [0.4, 0.5) is 10.1 Å². The maximum absolute atomic E-state index is 12.2. The summed E-state index contributed by atoms with van der Waals surface area (Å²) >= 11 is 0. The van der Waals surface area contributed by atoms with Gasteiger partial charge in [-0.1, -0.05) is 6.92 Å². The average Bonchev–Trinajstić information content (AvgIpc) is 2.55. The van der Waals surface area contributed by atoms with Crippen LogP contribution in [-0.2, 0) is 6.42 Å². The third-order valence-corrected chi connectivity index (χ3v) is 3.73. The summed E-state index contributed by atoms with van der Waals surface area (Å²) in [6, 6.07) is 6.02. The van der Waals surface area contributed by atoms with Gasteiger partial charge in [0.15, 0.2) is 0 Å². The smallest absolute Gasteiger partial charge is 0.251 e. The molecule has 1 amide bonds. The maximum atomic E-state index is 12.2. The van der Waals surface area contributed by atoms with Crippen molar-refractivity contribution < 1.29 is 9.18 Å². The van der Waals surface area contributed by atoms with Crippen molar-refractivity contribution in [2.45, 2.75) is 19.8 Å². The molecule has 1 fully saturated rings. The number of piperazine rings is 1. The summed E-state index contributed by atoms with van der Waals surface area (Å²) in [6.45, 7) is 5.91. The van der Waals surface area contributed by atoms with Gasteiger partial charge in [-0.2, -0.15) is 0 Å². The van der Waals surface area contributed by atoms with Crippen molar-refractivity contribution in [2.75, 3.05) is 44.3 Å². The Hall–Kier alpha value is -1.62. The van der Waals surface area contributed by atoms with E-state index in [1.807, 2.05) is 12.1 Å². The van der Waals surface area contributed by atoms with E-state index >= 15 is 0 Å². The number of hydrogen-bond acceptors (Lipinski definition) is 3. The first-order valence-corrected chi connectivity index (χ1v) is 7.68. The van der Waals surface area contributed by atoms with E-state index in [4.69, 9.17) is 0 Å². The van der Waals surface area contributed by atoms with Gasteiger partial charge >= 0.3 is 0 Å². The highest BCUT2D eigenvalue weighted by Gasteiger charge is 2.14. The minimum atomic E-state index is -0.401. The number of carbonyl (C=O) groups excluding carboxylic acids is 1. The predicted molar refractivity (Wildman–Crippen MR) is 83.8 cm³/mol. The fraction of sp³-hybridized carbons (Fsp3) is 0.562. The van der Waals surface area contributed by atoms with Crippen LogP contribution in [0.15, 0.2) is 18.2 Å². The summed E-state index contributed by atoms with van der Waals surface area (Å²) in [5.74, 6) is -0.116. The number of halogens is 1. The van der Waals surface area contributed by atoms with Crippen LogP contribution in [0.25, 0.3) is 0 Å². The molecule has 4 nitrogen and oxygen atoms in total. The SMILES string of the molecule is CCc1cc(C(=O)NCCCF)cc(N2CCNCC2)c1. The van der Waals surface area contributed by atoms with E-state index in [0.717, 1.165) is 43.9 Å². The molecule has 0 unspecified atom stereocenters. The van der Waals surface area contributed by atoms with Crippen molar-refractivity contribution in [2.24, 2.45) is 0 Å². The number of nitrogens with zero attached hydrogens (tertiary/aromatic N) is 1. The van der Waals surface area contributed by atoms with Gasteiger partial charge in [0.2, 0.25) is 0 Å². The van der Waals surface area contributed by atoms with Crippen LogP contribution in [-0.4, -0.2) is 45.3 Å². The van der Waals surface area contributed by atoms with Gasteiger partial charge in [-0.3, -0.25) is 9.18 Å². The predicted octanol–water partition coefficient (Wildman–Crippen LogP) is 1.75. The highest BCUT2D eigenvalue weighted by molar-refractivity contribution is 5.95. The molecule has 1 heterocycles. The molecule has 21 heavy (non-hydrogen) atoms. The lowest BCUT2D eigenvalue weighted by Gasteiger charge is -2.30. The molecule has 0 aromatic heterocycles. The van der Waals surface area contributed by atoms with Crippen LogP contribution < -0.4 is 15.5 Å². The standard InChI is InChI=1S/C16H24FN3O/c1-2-13-10-14(16(21)19-5-3-4-17)12-15(11-13)20-8-6-18-7-9-20/h10-12,18H,2-9H2,1H3,(H,19,21). The Balaban J connectivity index is 2.14. The van der Waals surface area contributed by atoms with Gasteiger partial charge in [0, 0.05) is 44.0 Å². The Labute approximate surface area is 125 Å². The summed E-state index contributed by atoms with van der Waals surface area (Å²) < 4.78 is 12.1. The van der Waals surface area contributed by atoms with E-state index in [1.54, 1.807) is 0 Å². The molecule has 2 N–H and O–H groups in total. The highest BCUT2D eigenvalue weighted by Crippen LogP contribution is 2.20. The zero-order chi connectivity index (χ0) is 15.1. The summed E-state index contributed by atoms with van der Waals surface area (Å²) in [5, 5.41) is 6.10. The van der Waals surface area contributed by atoms with E-state index in [2.05, 4.69) is 28.5 Å². The fourth-order valence-corrected chi connectivity index (χ4v) is 2.49. The monoisotopic (exact) mass is 293 g/mol. The van der Waals surface area contributed by atoms with Gasteiger partial charge < -0.3 is 15.5 Å². The molecular weight excluding hydrogens is 269 g/mol. The van der Waals surface area contributed by atoms with Crippen molar-refractivity contribution in [1.29, 1.82) is 0 Å². The second-order valence-electron chi connectivity index (χ2n) is 5.28. The Morgan fingerprint density at radius 1 is 1.33 bits per heavy atom.